The molecule has 0 aliphatic carbocycles. The van der Waals surface area contributed by atoms with E-state index in [1.54, 1.807) is 0 Å². The van der Waals surface area contributed by atoms with Gasteiger partial charge in [0.1, 0.15) is 6.54 Å². The van der Waals surface area contributed by atoms with Gasteiger partial charge in [-0.05, 0) is 13.0 Å². The monoisotopic (exact) mass is 256 g/mol. The Morgan fingerprint density at radius 2 is 1.94 bits per heavy atom. The number of carbonyl (C=O) groups is 2. The first-order valence-corrected chi connectivity index (χ1v) is 4.91. The highest BCUT2D eigenvalue weighted by molar-refractivity contribution is 5.81. The van der Waals surface area contributed by atoms with Crippen LogP contribution in [-0.2, 0) is 9.59 Å². The molecule has 0 bridgehead atoms. The standard InChI is InChI=1S/C9H15F3N2O3/c1-14(5-8(16)17)7(15)4-6(2-3-13)9(10,11)12/h6H,2-5,13H2,1H3,(H,16,17). The molecule has 0 saturated carbocycles. The number of aliphatic carboxylic acids is 1. The summed E-state index contributed by atoms with van der Waals surface area (Å²) in [6.07, 6.45) is -5.63. The van der Waals surface area contributed by atoms with Crippen molar-refractivity contribution >= 4 is 11.9 Å². The van der Waals surface area contributed by atoms with Crippen molar-refractivity contribution in [1.82, 2.24) is 4.90 Å². The summed E-state index contributed by atoms with van der Waals surface area (Å²) in [5.74, 6) is -3.96. The molecule has 0 rings (SSSR count). The molecule has 5 nitrogen and oxygen atoms in total. The number of hydrogen-bond acceptors (Lipinski definition) is 3. The average Bonchev–Trinajstić information content (AvgIpc) is 2.14. The van der Waals surface area contributed by atoms with Crippen LogP contribution in [0.15, 0.2) is 0 Å². The molecule has 1 amide bonds. The summed E-state index contributed by atoms with van der Waals surface area (Å²) in [6.45, 7) is -0.799. The van der Waals surface area contributed by atoms with E-state index in [9.17, 15) is 22.8 Å². The van der Waals surface area contributed by atoms with Crippen molar-refractivity contribution in [1.29, 1.82) is 0 Å². The van der Waals surface area contributed by atoms with Crippen molar-refractivity contribution in [2.75, 3.05) is 20.1 Å². The summed E-state index contributed by atoms with van der Waals surface area (Å²) in [5, 5.41) is 8.39. The lowest BCUT2D eigenvalue weighted by Crippen LogP contribution is -2.36. The zero-order chi connectivity index (χ0) is 13.6. The Labute approximate surface area is 96.4 Å². The van der Waals surface area contributed by atoms with Crippen LogP contribution in [0.25, 0.3) is 0 Å². The van der Waals surface area contributed by atoms with Gasteiger partial charge < -0.3 is 15.7 Å². The van der Waals surface area contributed by atoms with E-state index in [2.05, 4.69) is 0 Å². The summed E-state index contributed by atoms with van der Waals surface area (Å²) < 4.78 is 37.4. The molecule has 0 fully saturated rings. The Hall–Kier alpha value is -1.31. The number of rotatable bonds is 6. The SMILES string of the molecule is CN(CC(=O)O)C(=O)CC(CCN)C(F)(F)F. The normalized spacial score (nSPS) is 13.2. The molecule has 0 aliphatic heterocycles. The Kier molecular flexibility index (Phi) is 5.94. The molecule has 0 radical (unpaired) electrons. The molecule has 0 aromatic carbocycles. The number of halogens is 3. The number of nitrogens with zero attached hydrogens (tertiary/aromatic N) is 1. The fraction of sp³-hybridized carbons (Fsp3) is 0.778. The van der Waals surface area contributed by atoms with Crippen LogP contribution in [-0.4, -0.2) is 48.2 Å². The van der Waals surface area contributed by atoms with Crippen LogP contribution in [0.3, 0.4) is 0 Å². The number of likely N-dealkylation sites (N-methyl/N-ethyl adjacent to an activating group) is 1. The minimum absolute atomic E-state index is 0.180. The molecule has 0 aromatic rings. The number of amides is 1. The second-order valence-corrected chi connectivity index (χ2v) is 3.66. The first kappa shape index (κ1) is 15.7. The minimum atomic E-state index is -4.50. The number of carbonyl (C=O) groups excluding carboxylic acids is 1. The first-order valence-electron chi connectivity index (χ1n) is 4.91. The van der Waals surface area contributed by atoms with E-state index in [4.69, 9.17) is 10.8 Å². The van der Waals surface area contributed by atoms with Crippen molar-refractivity contribution in [3.8, 4) is 0 Å². The molecule has 3 N–H and O–H groups in total. The highest BCUT2D eigenvalue weighted by Gasteiger charge is 2.40. The zero-order valence-corrected chi connectivity index (χ0v) is 9.33. The van der Waals surface area contributed by atoms with Gasteiger partial charge in [-0.3, -0.25) is 9.59 Å². The van der Waals surface area contributed by atoms with Crippen LogP contribution in [0.1, 0.15) is 12.8 Å². The molecule has 100 valence electrons. The van der Waals surface area contributed by atoms with Crippen molar-refractivity contribution in [2.24, 2.45) is 11.7 Å². The van der Waals surface area contributed by atoms with E-state index >= 15 is 0 Å². The summed E-state index contributed by atoms with van der Waals surface area (Å²) in [6, 6.07) is 0. The maximum Gasteiger partial charge on any atom is 0.392 e. The van der Waals surface area contributed by atoms with Crippen LogP contribution in [0.4, 0.5) is 13.2 Å². The fourth-order valence-electron chi connectivity index (χ4n) is 1.24. The van der Waals surface area contributed by atoms with Gasteiger partial charge in [-0.15, -0.1) is 0 Å². The summed E-state index contributed by atoms with van der Waals surface area (Å²) >= 11 is 0. The molecule has 0 saturated heterocycles. The molecule has 0 aliphatic rings. The highest BCUT2D eigenvalue weighted by Crippen LogP contribution is 2.31. The van der Waals surface area contributed by atoms with Gasteiger partial charge in [-0.1, -0.05) is 0 Å². The Morgan fingerprint density at radius 1 is 1.41 bits per heavy atom. The van der Waals surface area contributed by atoms with Crippen molar-refractivity contribution < 1.29 is 27.9 Å². The van der Waals surface area contributed by atoms with Crippen molar-refractivity contribution in [3.05, 3.63) is 0 Å². The number of alkyl halides is 3. The lowest BCUT2D eigenvalue weighted by molar-refractivity contribution is -0.182. The second-order valence-electron chi connectivity index (χ2n) is 3.66. The average molecular weight is 256 g/mol. The van der Waals surface area contributed by atoms with Gasteiger partial charge in [-0.2, -0.15) is 13.2 Å². The van der Waals surface area contributed by atoms with E-state index in [1.807, 2.05) is 0 Å². The Morgan fingerprint density at radius 3 is 2.29 bits per heavy atom. The fourth-order valence-corrected chi connectivity index (χ4v) is 1.24. The molecular formula is C9H15F3N2O3. The van der Waals surface area contributed by atoms with E-state index in [-0.39, 0.29) is 13.0 Å². The van der Waals surface area contributed by atoms with Gasteiger partial charge in [-0.25, -0.2) is 0 Å². The molecule has 0 heterocycles. The molecular weight excluding hydrogens is 241 g/mol. The maximum absolute atomic E-state index is 12.5. The van der Waals surface area contributed by atoms with Crippen molar-refractivity contribution in [3.63, 3.8) is 0 Å². The quantitative estimate of drug-likeness (QED) is 0.722. The van der Waals surface area contributed by atoms with Gasteiger partial charge in [0.2, 0.25) is 5.91 Å². The van der Waals surface area contributed by atoms with Crippen LogP contribution >= 0.6 is 0 Å². The van der Waals surface area contributed by atoms with Crippen molar-refractivity contribution in [2.45, 2.75) is 19.0 Å². The topological polar surface area (TPSA) is 83.6 Å². The Balaban J connectivity index is 4.45. The summed E-state index contributed by atoms with van der Waals surface area (Å²) in [4.78, 5) is 22.4. The summed E-state index contributed by atoms with van der Waals surface area (Å²) in [7, 11) is 1.15. The molecule has 8 heteroatoms. The summed E-state index contributed by atoms with van der Waals surface area (Å²) in [5.41, 5.74) is 5.04. The zero-order valence-electron chi connectivity index (χ0n) is 9.33. The lowest BCUT2D eigenvalue weighted by atomic mass is 10.00. The third-order valence-corrected chi connectivity index (χ3v) is 2.20. The first-order chi connectivity index (χ1) is 7.68. The van der Waals surface area contributed by atoms with Crippen LogP contribution in [0.5, 0.6) is 0 Å². The predicted octanol–water partition coefficient (Wildman–Crippen LogP) is 0.447. The minimum Gasteiger partial charge on any atom is -0.480 e. The van der Waals surface area contributed by atoms with E-state index in [0.717, 1.165) is 11.9 Å². The molecule has 17 heavy (non-hydrogen) atoms. The number of nitrogens with two attached hydrogens (primary N) is 1. The van der Waals surface area contributed by atoms with Crippen LogP contribution in [0, 0.1) is 5.92 Å². The smallest absolute Gasteiger partial charge is 0.392 e. The second kappa shape index (κ2) is 6.43. The molecule has 0 spiro atoms. The van der Waals surface area contributed by atoms with Gasteiger partial charge in [0.15, 0.2) is 0 Å². The number of carboxylic acid groups (broad SMARTS) is 1. The molecule has 1 atom stereocenters. The van der Waals surface area contributed by atoms with E-state index < -0.39 is 36.9 Å². The van der Waals surface area contributed by atoms with E-state index in [1.165, 1.54) is 0 Å². The van der Waals surface area contributed by atoms with Gasteiger partial charge in [0.05, 0.1) is 5.92 Å². The van der Waals surface area contributed by atoms with E-state index in [0.29, 0.717) is 0 Å². The number of carboxylic acids is 1. The third kappa shape index (κ3) is 6.10. The predicted molar refractivity (Wildman–Crippen MR) is 53.1 cm³/mol. The maximum atomic E-state index is 12.5. The Bertz CT molecular complexity index is 281. The highest BCUT2D eigenvalue weighted by atomic mass is 19.4. The molecule has 1 unspecified atom stereocenters. The number of hydrogen-bond donors (Lipinski definition) is 2. The largest absolute Gasteiger partial charge is 0.480 e. The van der Waals surface area contributed by atoms with Gasteiger partial charge in [0.25, 0.3) is 0 Å². The van der Waals surface area contributed by atoms with Crippen LogP contribution in [0.2, 0.25) is 0 Å². The lowest BCUT2D eigenvalue weighted by Gasteiger charge is -2.22. The third-order valence-electron chi connectivity index (χ3n) is 2.20. The van der Waals surface area contributed by atoms with Crippen LogP contribution < -0.4 is 5.73 Å². The molecule has 0 aromatic heterocycles. The van der Waals surface area contributed by atoms with Gasteiger partial charge in [0, 0.05) is 13.5 Å². The van der Waals surface area contributed by atoms with Gasteiger partial charge >= 0.3 is 12.1 Å².